The van der Waals surface area contributed by atoms with Crippen LogP contribution in [0.3, 0.4) is 0 Å². The summed E-state index contributed by atoms with van der Waals surface area (Å²) in [6.07, 6.45) is 2.31. The molecule has 0 unspecified atom stereocenters. The molecule has 8 nitrogen and oxygen atoms in total. The number of nitrogens with zero attached hydrogens (tertiary/aromatic N) is 1. The predicted octanol–water partition coefficient (Wildman–Crippen LogP) is 5.06. The summed E-state index contributed by atoms with van der Waals surface area (Å²) in [5.74, 6) is -1.51. The first-order valence-electron chi connectivity index (χ1n) is 11.6. The summed E-state index contributed by atoms with van der Waals surface area (Å²) in [6.45, 7) is 6.21. The van der Waals surface area contributed by atoms with E-state index >= 15 is 0 Å². The minimum Gasteiger partial charge on any atom is -0.508 e. The molecule has 1 aromatic heterocycles. The molecule has 194 valence electrons. The van der Waals surface area contributed by atoms with Crippen molar-refractivity contribution in [2.24, 2.45) is 0 Å². The number of nitrogens with one attached hydrogen (secondary N) is 2. The van der Waals surface area contributed by atoms with E-state index in [1.165, 1.54) is 36.6 Å². The van der Waals surface area contributed by atoms with Gasteiger partial charge in [0.1, 0.15) is 11.4 Å². The zero-order chi connectivity index (χ0) is 27.1. The molecule has 0 aliphatic heterocycles. The average Bonchev–Trinajstić information content (AvgIpc) is 3.29. The van der Waals surface area contributed by atoms with E-state index in [4.69, 9.17) is 16.3 Å². The van der Waals surface area contributed by atoms with Crippen LogP contribution in [-0.4, -0.2) is 35.0 Å². The van der Waals surface area contributed by atoms with E-state index in [9.17, 15) is 19.5 Å². The highest BCUT2D eigenvalue weighted by Gasteiger charge is 2.20. The van der Waals surface area contributed by atoms with Crippen LogP contribution in [0.4, 0.5) is 0 Å². The number of carbonyl (C=O) groups excluding carboxylic acids is 3. The molecule has 0 aliphatic rings. The fourth-order valence-electron chi connectivity index (χ4n) is 3.43. The van der Waals surface area contributed by atoms with Crippen LogP contribution in [0.2, 0.25) is 5.02 Å². The number of aromatic nitrogens is 1. The number of rotatable bonds is 9. The van der Waals surface area contributed by atoms with Gasteiger partial charge in [-0.2, -0.15) is 0 Å². The molecular weight excluding hydrogens is 514 g/mol. The van der Waals surface area contributed by atoms with Crippen LogP contribution in [0.5, 0.6) is 5.75 Å². The van der Waals surface area contributed by atoms with Crippen LogP contribution in [0, 0.1) is 0 Å². The fourth-order valence-corrected chi connectivity index (χ4v) is 4.80. The van der Waals surface area contributed by atoms with Crippen molar-refractivity contribution in [3.05, 3.63) is 85.5 Å². The Bertz CT molecular complexity index is 1350. The van der Waals surface area contributed by atoms with Gasteiger partial charge in [-0.05, 0) is 54.3 Å². The highest BCUT2D eigenvalue weighted by Crippen LogP contribution is 2.28. The van der Waals surface area contributed by atoms with Gasteiger partial charge in [-0.3, -0.25) is 9.59 Å². The maximum atomic E-state index is 13.0. The predicted molar refractivity (Wildman–Crippen MR) is 144 cm³/mol. The normalized spacial score (nSPS) is 11.4. The van der Waals surface area contributed by atoms with Gasteiger partial charge in [-0.25, -0.2) is 9.78 Å². The van der Waals surface area contributed by atoms with E-state index in [2.05, 4.69) is 15.6 Å². The van der Waals surface area contributed by atoms with Crippen molar-refractivity contribution in [1.82, 2.24) is 15.6 Å². The molecule has 0 fully saturated rings. The van der Waals surface area contributed by atoms with Gasteiger partial charge in [0, 0.05) is 12.1 Å². The molecule has 0 saturated carbocycles. The topological polar surface area (TPSA) is 118 Å². The van der Waals surface area contributed by atoms with Gasteiger partial charge < -0.3 is 20.5 Å². The summed E-state index contributed by atoms with van der Waals surface area (Å²) in [4.78, 5) is 43.4. The second kappa shape index (κ2) is 12.5. The van der Waals surface area contributed by atoms with Gasteiger partial charge in [0.25, 0.3) is 11.8 Å². The van der Waals surface area contributed by atoms with Crippen LogP contribution >= 0.6 is 22.9 Å². The van der Waals surface area contributed by atoms with E-state index in [0.717, 1.165) is 27.6 Å². The number of hydrogen-bond acceptors (Lipinski definition) is 7. The van der Waals surface area contributed by atoms with Gasteiger partial charge >= 0.3 is 5.97 Å². The Morgan fingerprint density at radius 3 is 2.54 bits per heavy atom. The number of aryl methyl sites for hydroxylation is 1. The lowest BCUT2D eigenvalue weighted by atomic mass is 10.1. The van der Waals surface area contributed by atoms with Gasteiger partial charge in [0.15, 0.2) is 0 Å². The van der Waals surface area contributed by atoms with Crippen molar-refractivity contribution in [2.75, 3.05) is 7.11 Å². The number of ether oxygens (including phenoxy) is 1. The number of thiazole rings is 1. The Morgan fingerprint density at radius 2 is 1.92 bits per heavy atom. The number of aromatic hydroxyl groups is 1. The summed E-state index contributed by atoms with van der Waals surface area (Å²) < 4.78 is 4.87. The quantitative estimate of drug-likeness (QED) is 0.257. The van der Waals surface area contributed by atoms with Crippen LogP contribution in [0.25, 0.3) is 6.08 Å². The van der Waals surface area contributed by atoms with E-state index in [1.54, 1.807) is 30.3 Å². The third-order valence-corrected chi connectivity index (χ3v) is 6.82. The number of carbonyl (C=O) groups is 3. The lowest BCUT2D eigenvalue weighted by Gasteiger charge is -2.11. The van der Waals surface area contributed by atoms with Crippen molar-refractivity contribution in [3.8, 4) is 5.75 Å². The number of phenols is 1. The van der Waals surface area contributed by atoms with Crippen molar-refractivity contribution in [2.45, 2.75) is 39.7 Å². The molecule has 0 bridgehead atoms. The highest BCUT2D eigenvalue weighted by molar-refractivity contribution is 7.12. The Morgan fingerprint density at radius 1 is 1.16 bits per heavy atom. The van der Waals surface area contributed by atoms with Gasteiger partial charge in [-0.1, -0.05) is 44.5 Å². The van der Waals surface area contributed by atoms with Crippen LogP contribution in [0.15, 0.2) is 48.2 Å². The number of benzene rings is 2. The molecule has 3 rings (SSSR count). The standard InChI is InChI=1S/C27H28ClN3O5S/c1-5-23-31-24(15(2)3)22(37-23)13-21(27(35)36-4)30-26(34)19-10-9-17(12-20(19)28)25(33)29-14-16-7-6-8-18(32)11-16/h6-13,15,32H,5,14H2,1-4H3,(H,29,33)(H,30,34). The van der Waals surface area contributed by atoms with Crippen molar-refractivity contribution in [3.63, 3.8) is 0 Å². The maximum Gasteiger partial charge on any atom is 0.354 e. The Hall–Kier alpha value is -3.69. The molecular formula is C27H28ClN3O5S. The molecule has 1 heterocycles. The molecule has 10 heteroatoms. The van der Waals surface area contributed by atoms with Gasteiger partial charge in [0.2, 0.25) is 0 Å². The van der Waals surface area contributed by atoms with E-state index in [0.29, 0.717) is 0 Å². The zero-order valence-electron chi connectivity index (χ0n) is 20.9. The molecule has 0 aliphatic carbocycles. The number of phenolic OH excluding ortho intramolecular Hbond substituents is 1. The third kappa shape index (κ3) is 7.18. The minimum atomic E-state index is -0.714. The van der Waals surface area contributed by atoms with Gasteiger partial charge in [0.05, 0.1) is 33.3 Å². The molecule has 0 spiro atoms. The summed E-state index contributed by atoms with van der Waals surface area (Å²) in [5.41, 5.74) is 1.85. The van der Waals surface area contributed by atoms with E-state index < -0.39 is 17.8 Å². The minimum absolute atomic E-state index is 0.0423. The van der Waals surface area contributed by atoms with E-state index in [1.807, 2.05) is 20.8 Å². The Kier molecular flexibility index (Phi) is 9.43. The largest absolute Gasteiger partial charge is 0.508 e. The first-order chi connectivity index (χ1) is 17.6. The number of esters is 1. The molecule has 3 aromatic rings. The van der Waals surface area contributed by atoms with Crippen LogP contribution in [0.1, 0.15) is 68.5 Å². The SMILES string of the molecule is CCc1nc(C(C)C)c(C=C(NC(=O)c2ccc(C(=O)NCc3cccc(O)c3)cc2Cl)C(=O)OC)s1. The van der Waals surface area contributed by atoms with E-state index in [-0.39, 0.29) is 40.1 Å². The van der Waals surface area contributed by atoms with Crippen LogP contribution < -0.4 is 10.6 Å². The van der Waals surface area contributed by atoms with Crippen molar-refractivity contribution >= 4 is 46.8 Å². The molecule has 0 radical (unpaired) electrons. The monoisotopic (exact) mass is 541 g/mol. The van der Waals surface area contributed by atoms with Crippen molar-refractivity contribution < 1.29 is 24.2 Å². The first kappa shape index (κ1) is 27.9. The smallest absolute Gasteiger partial charge is 0.354 e. The number of amides is 2. The summed E-state index contributed by atoms with van der Waals surface area (Å²) in [7, 11) is 1.23. The molecule has 37 heavy (non-hydrogen) atoms. The fraction of sp³-hybridized carbons (Fsp3) is 0.259. The molecule has 3 N–H and O–H groups in total. The molecule has 0 atom stereocenters. The number of hydrogen-bond donors (Lipinski definition) is 3. The summed E-state index contributed by atoms with van der Waals surface area (Å²) in [6, 6.07) is 10.8. The zero-order valence-corrected chi connectivity index (χ0v) is 22.5. The molecule has 2 amide bonds. The van der Waals surface area contributed by atoms with Crippen molar-refractivity contribution in [1.29, 1.82) is 0 Å². The Labute approximate surface area is 224 Å². The molecule has 0 saturated heterocycles. The van der Waals surface area contributed by atoms with Crippen LogP contribution in [-0.2, 0) is 22.5 Å². The number of halogens is 1. The second-order valence-corrected chi connectivity index (χ2v) is 9.94. The lowest BCUT2D eigenvalue weighted by molar-refractivity contribution is -0.136. The maximum absolute atomic E-state index is 13.0. The lowest BCUT2D eigenvalue weighted by Crippen LogP contribution is -2.28. The average molecular weight is 542 g/mol. The molecule has 2 aromatic carbocycles. The highest BCUT2D eigenvalue weighted by atomic mass is 35.5. The summed E-state index contributed by atoms with van der Waals surface area (Å²) >= 11 is 7.78. The Balaban J connectivity index is 1.79. The summed E-state index contributed by atoms with van der Waals surface area (Å²) in [5, 5.41) is 15.8. The first-order valence-corrected chi connectivity index (χ1v) is 12.8. The van der Waals surface area contributed by atoms with Gasteiger partial charge in [-0.15, -0.1) is 11.3 Å². The third-order valence-electron chi connectivity index (χ3n) is 5.34. The number of methoxy groups -OCH3 is 1. The second-order valence-electron chi connectivity index (χ2n) is 8.42.